The Balaban J connectivity index is 1.27. The van der Waals surface area contributed by atoms with Crippen LogP contribution in [0.3, 0.4) is 0 Å². The summed E-state index contributed by atoms with van der Waals surface area (Å²) in [5.74, 6) is 0. The fourth-order valence-corrected chi connectivity index (χ4v) is 7.98. The van der Waals surface area contributed by atoms with Gasteiger partial charge in [0.05, 0.1) is 0 Å². The van der Waals surface area contributed by atoms with E-state index in [1.165, 1.54) is 98.4 Å². The van der Waals surface area contributed by atoms with Crippen LogP contribution in [0.2, 0.25) is 0 Å². The highest BCUT2D eigenvalue weighted by Crippen LogP contribution is 2.45. The van der Waals surface area contributed by atoms with Crippen molar-refractivity contribution in [1.29, 1.82) is 0 Å². The minimum atomic E-state index is 1.22. The Kier molecular flexibility index (Phi) is 6.60. The minimum Gasteiger partial charge on any atom is -0.0616 e. The lowest BCUT2D eigenvalue weighted by atomic mass is 9.85. The third-order valence-electron chi connectivity index (χ3n) is 10.4. The van der Waals surface area contributed by atoms with Gasteiger partial charge in [0.2, 0.25) is 0 Å². The van der Waals surface area contributed by atoms with E-state index in [1.807, 2.05) is 0 Å². The molecule has 0 heterocycles. The Morgan fingerprint density at radius 3 is 1.38 bits per heavy atom. The van der Waals surface area contributed by atoms with Crippen molar-refractivity contribution in [1.82, 2.24) is 0 Å². The van der Waals surface area contributed by atoms with Gasteiger partial charge in [0.25, 0.3) is 0 Å². The average molecular weight is 633 g/mol. The molecule has 10 rings (SSSR count). The molecule has 232 valence electrons. The first kappa shape index (κ1) is 28.5. The molecule has 0 aliphatic rings. The summed E-state index contributed by atoms with van der Waals surface area (Å²) < 4.78 is 0. The van der Waals surface area contributed by atoms with Gasteiger partial charge in [-0.15, -0.1) is 0 Å². The van der Waals surface area contributed by atoms with E-state index in [1.54, 1.807) is 0 Å². The summed E-state index contributed by atoms with van der Waals surface area (Å²) in [6, 6.07) is 71.5. The smallest absolute Gasteiger partial charge is 0.00204 e. The summed E-state index contributed by atoms with van der Waals surface area (Å²) in [6.07, 6.45) is 0. The van der Waals surface area contributed by atoms with Crippen LogP contribution in [0.4, 0.5) is 0 Å². The van der Waals surface area contributed by atoms with E-state index in [0.717, 1.165) is 0 Å². The molecule has 0 aromatic heterocycles. The van der Waals surface area contributed by atoms with Crippen LogP contribution in [0.5, 0.6) is 0 Å². The Morgan fingerprint density at radius 2 is 0.640 bits per heavy atom. The molecule has 10 aromatic carbocycles. The molecular weight excluding hydrogens is 601 g/mol. The molecule has 0 aliphatic heterocycles. The molecule has 10 aromatic rings. The third kappa shape index (κ3) is 4.69. The van der Waals surface area contributed by atoms with E-state index in [-0.39, 0.29) is 0 Å². The zero-order valence-electron chi connectivity index (χ0n) is 27.5. The summed E-state index contributed by atoms with van der Waals surface area (Å²) >= 11 is 0. The number of fused-ring (bicyclic) bond motifs is 5. The van der Waals surface area contributed by atoms with Crippen LogP contribution in [0, 0.1) is 0 Å². The largest absolute Gasteiger partial charge is 0.0616 e. The number of rotatable bonds is 4. The Bertz CT molecular complexity index is 2920. The first-order valence-corrected chi connectivity index (χ1v) is 17.3. The Labute approximate surface area is 291 Å². The summed E-state index contributed by atoms with van der Waals surface area (Å²) in [7, 11) is 0. The van der Waals surface area contributed by atoms with Gasteiger partial charge in [0.1, 0.15) is 0 Å². The van der Waals surface area contributed by atoms with E-state index in [2.05, 4.69) is 194 Å². The molecule has 50 heavy (non-hydrogen) atoms. The quantitative estimate of drug-likeness (QED) is 0.181. The topological polar surface area (TPSA) is 0 Å². The first-order valence-electron chi connectivity index (χ1n) is 17.3. The summed E-state index contributed by atoms with van der Waals surface area (Å²) in [5, 5.41) is 12.5. The highest BCUT2D eigenvalue weighted by Gasteiger charge is 2.18. The van der Waals surface area contributed by atoms with Crippen LogP contribution in [-0.4, -0.2) is 0 Å². The van der Waals surface area contributed by atoms with E-state index in [0.29, 0.717) is 0 Å². The van der Waals surface area contributed by atoms with Crippen molar-refractivity contribution in [2.45, 2.75) is 0 Å². The minimum absolute atomic E-state index is 1.22. The standard InChI is InChI=1S/C50H32/c1-3-13-37-30-39(25-22-33(37)10-1)40-26-24-36-28-29-43(41-27-23-34-11-2-4-14-38(34)31-41)50(49(36)32-40)48-21-9-19-46-45(18-8-20-47(46)48)44-17-7-15-35-12-5-6-16-42(35)44/h1-32H. The molecule has 0 radical (unpaired) electrons. The predicted octanol–water partition coefficient (Wildman–Crippen LogP) is 14.1. The van der Waals surface area contributed by atoms with Gasteiger partial charge >= 0.3 is 0 Å². The molecule has 0 unspecified atom stereocenters. The maximum Gasteiger partial charge on any atom is -0.00204 e. The summed E-state index contributed by atoms with van der Waals surface area (Å²) in [4.78, 5) is 0. The molecule has 0 bridgehead atoms. The molecule has 0 fully saturated rings. The van der Waals surface area contributed by atoms with Crippen LogP contribution in [0.1, 0.15) is 0 Å². The van der Waals surface area contributed by atoms with Crippen LogP contribution in [-0.2, 0) is 0 Å². The second-order valence-corrected chi connectivity index (χ2v) is 13.3. The fourth-order valence-electron chi connectivity index (χ4n) is 7.98. The summed E-state index contributed by atoms with van der Waals surface area (Å²) in [6.45, 7) is 0. The normalized spacial score (nSPS) is 11.6. The maximum atomic E-state index is 2.41. The molecule has 0 heteroatoms. The highest BCUT2D eigenvalue weighted by molar-refractivity contribution is 6.15. The van der Waals surface area contributed by atoms with Crippen LogP contribution in [0.15, 0.2) is 194 Å². The van der Waals surface area contributed by atoms with Crippen molar-refractivity contribution < 1.29 is 0 Å². The molecule has 0 saturated carbocycles. The monoisotopic (exact) mass is 632 g/mol. The van der Waals surface area contributed by atoms with Gasteiger partial charge in [0.15, 0.2) is 0 Å². The lowest BCUT2D eigenvalue weighted by Gasteiger charge is -2.19. The van der Waals surface area contributed by atoms with Crippen LogP contribution in [0.25, 0.3) is 98.4 Å². The van der Waals surface area contributed by atoms with Crippen molar-refractivity contribution in [3.05, 3.63) is 194 Å². The first-order chi connectivity index (χ1) is 24.8. The van der Waals surface area contributed by atoms with Gasteiger partial charge in [-0.05, 0) is 117 Å². The molecule has 0 N–H and O–H groups in total. The second kappa shape index (κ2) is 11.6. The van der Waals surface area contributed by atoms with Gasteiger partial charge < -0.3 is 0 Å². The van der Waals surface area contributed by atoms with Crippen LogP contribution < -0.4 is 0 Å². The van der Waals surface area contributed by atoms with Crippen molar-refractivity contribution >= 4 is 53.9 Å². The molecule has 0 saturated heterocycles. The molecule has 0 aliphatic carbocycles. The van der Waals surface area contributed by atoms with Crippen LogP contribution >= 0.6 is 0 Å². The Hall–Kier alpha value is -6.50. The van der Waals surface area contributed by atoms with Crippen molar-refractivity contribution in [2.24, 2.45) is 0 Å². The van der Waals surface area contributed by atoms with Gasteiger partial charge in [-0.3, -0.25) is 0 Å². The lowest BCUT2D eigenvalue weighted by Crippen LogP contribution is -1.92. The second-order valence-electron chi connectivity index (χ2n) is 13.3. The lowest BCUT2D eigenvalue weighted by molar-refractivity contribution is 1.63. The Morgan fingerprint density at radius 1 is 0.200 bits per heavy atom. The molecule has 0 amide bonds. The van der Waals surface area contributed by atoms with E-state index in [4.69, 9.17) is 0 Å². The molecule has 0 nitrogen and oxygen atoms in total. The van der Waals surface area contributed by atoms with Gasteiger partial charge in [-0.25, -0.2) is 0 Å². The van der Waals surface area contributed by atoms with Crippen molar-refractivity contribution in [2.75, 3.05) is 0 Å². The molecule has 0 spiro atoms. The summed E-state index contributed by atoms with van der Waals surface area (Å²) in [5.41, 5.74) is 9.93. The number of hydrogen-bond donors (Lipinski definition) is 0. The van der Waals surface area contributed by atoms with E-state index in [9.17, 15) is 0 Å². The number of benzene rings is 10. The fraction of sp³-hybridized carbons (Fsp3) is 0. The van der Waals surface area contributed by atoms with Crippen molar-refractivity contribution in [3.63, 3.8) is 0 Å². The maximum absolute atomic E-state index is 2.41. The zero-order valence-corrected chi connectivity index (χ0v) is 27.5. The van der Waals surface area contributed by atoms with Gasteiger partial charge in [-0.1, -0.05) is 176 Å². The zero-order chi connectivity index (χ0) is 33.0. The number of hydrogen-bond acceptors (Lipinski definition) is 0. The van der Waals surface area contributed by atoms with Crippen molar-refractivity contribution in [3.8, 4) is 44.5 Å². The van der Waals surface area contributed by atoms with E-state index >= 15 is 0 Å². The SMILES string of the molecule is c1ccc2cc(-c3ccc4ccc(-c5ccc6ccccc6c5)c(-c5cccc6c(-c7cccc8ccccc78)cccc56)c4c3)ccc2c1. The highest BCUT2D eigenvalue weighted by atomic mass is 14.2. The van der Waals surface area contributed by atoms with Gasteiger partial charge in [0, 0.05) is 0 Å². The van der Waals surface area contributed by atoms with E-state index < -0.39 is 0 Å². The molecular formula is C50H32. The third-order valence-corrected chi connectivity index (χ3v) is 10.4. The predicted molar refractivity (Wildman–Crippen MR) is 216 cm³/mol. The molecule has 0 atom stereocenters. The van der Waals surface area contributed by atoms with Gasteiger partial charge in [-0.2, -0.15) is 0 Å². The average Bonchev–Trinajstić information content (AvgIpc) is 3.19.